The number of alkyl halides is 3. The lowest BCUT2D eigenvalue weighted by atomic mass is 10.0. The maximum Gasteiger partial charge on any atom is 0.490 e. The zero-order valence-corrected chi connectivity index (χ0v) is 13.0. The highest BCUT2D eigenvalue weighted by atomic mass is 19.4. The number of nitrogens with two attached hydrogens (primary N) is 1. The van der Waals surface area contributed by atoms with Gasteiger partial charge in [0.05, 0.1) is 0 Å². The van der Waals surface area contributed by atoms with Crippen LogP contribution in [0.25, 0.3) is 0 Å². The predicted molar refractivity (Wildman–Crippen MR) is 77.4 cm³/mol. The van der Waals surface area contributed by atoms with E-state index < -0.39 is 23.7 Å². The quantitative estimate of drug-likeness (QED) is 0.710. The summed E-state index contributed by atoms with van der Waals surface area (Å²) in [6.45, 7) is 1.36. The van der Waals surface area contributed by atoms with Crippen LogP contribution in [-0.4, -0.2) is 58.7 Å². The van der Waals surface area contributed by atoms with Crippen molar-refractivity contribution in [2.75, 3.05) is 19.8 Å². The highest BCUT2D eigenvalue weighted by Crippen LogP contribution is 2.25. The number of pyridine rings is 1. The van der Waals surface area contributed by atoms with E-state index in [0.29, 0.717) is 19.8 Å². The highest BCUT2D eigenvalue weighted by molar-refractivity contribution is 5.85. The molecule has 1 unspecified atom stereocenters. The first-order valence-corrected chi connectivity index (χ1v) is 7.07. The molecule has 2 heterocycles. The SMILES string of the molecule is NCC1(COc2cccc(C(=O)O)n2)CCCO1.O=C(O)C(F)(F)F. The molecule has 0 aromatic carbocycles. The lowest BCUT2D eigenvalue weighted by Crippen LogP contribution is -2.42. The van der Waals surface area contributed by atoms with Gasteiger partial charge in [-0.3, -0.25) is 0 Å². The Morgan fingerprint density at radius 2 is 2.00 bits per heavy atom. The number of hydrogen-bond donors (Lipinski definition) is 3. The molecule has 0 saturated carbocycles. The molecule has 1 aliphatic heterocycles. The molecular weight excluding hydrogens is 349 g/mol. The fraction of sp³-hybridized carbons (Fsp3) is 0.500. The van der Waals surface area contributed by atoms with Crippen molar-refractivity contribution in [3.05, 3.63) is 23.9 Å². The summed E-state index contributed by atoms with van der Waals surface area (Å²) in [6, 6.07) is 4.63. The van der Waals surface area contributed by atoms with Crippen LogP contribution in [0.4, 0.5) is 13.2 Å². The average Bonchev–Trinajstić information content (AvgIpc) is 3.02. The van der Waals surface area contributed by atoms with Gasteiger partial charge in [0.25, 0.3) is 0 Å². The van der Waals surface area contributed by atoms with E-state index in [1.54, 1.807) is 12.1 Å². The number of aliphatic carboxylic acids is 1. The standard InChI is InChI=1S/C12H16N2O4.C2HF3O2/c13-7-12(5-2-6-18-12)8-17-10-4-1-3-9(14-10)11(15)16;3-2(4,5)1(6)7/h1,3-4H,2,5-8,13H2,(H,15,16);(H,6,7). The van der Waals surface area contributed by atoms with Gasteiger partial charge < -0.3 is 25.4 Å². The van der Waals surface area contributed by atoms with Gasteiger partial charge in [0.2, 0.25) is 5.88 Å². The number of rotatable bonds is 5. The smallest absolute Gasteiger partial charge is 0.477 e. The van der Waals surface area contributed by atoms with Crippen molar-refractivity contribution in [3.8, 4) is 5.88 Å². The molecule has 0 amide bonds. The van der Waals surface area contributed by atoms with Crippen molar-refractivity contribution in [3.63, 3.8) is 0 Å². The average molecular weight is 366 g/mol. The molecule has 1 aromatic heterocycles. The van der Waals surface area contributed by atoms with E-state index >= 15 is 0 Å². The molecule has 0 spiro atoms. The van der Waals surface area contributed by atoms with Gasteiger partial charge in [0, 0.05) is 19.2 Å². The van der Waals surface area contributed by atoms with Gasteiger partial charge in [-0.15, -0.1) is 0 Å². The third-order valence-electron chi connectivity index (χ3n) is 3.23. The number of aromatic carboxylic acids is 1. The third kappa shape index (κ3) is 6.55. The molecule has 0 radical (unpaired) electrons. The second kappa shape index (κ2) is 8.62. The molecule has 8 nitrogen and oxygen atoms in total. The Morgan fingerprint density at radius 3 is 2.44 bits per heavy atom. The second-order valence-corrected chi connectivity index (χ2v) is 5.10. The molecule has 1 aliphatic rings. The summed E-state index contributed by atoms with van der Waals surface area (Å²) < 4.78 is 42.8. The maximum absolute atomic E-state index is 10.8. The summed E-state index contributed by atoms with van der Waals surface area (Å²) in [5.41, 5.74) is 5.19. The monoisotopic (exact) mass is 366 g/mol. The summed E-state index contributed by atoms with van der Waals surface area (Å²) in [5.74, 6) is -3.56. The van der Waals surface area contributed by atoms with Crippen LogP contribution >= 0.6 is 0 Å². The molecule has 0 aliphatic carbocycles. The molecule has 4 N–H and O–H groups in total. The zero-order chi connectivity index (χ0) is 19.1. The van der Waals surface area contributed by atoms with E-state index in [1.807, 2.05) is 0 Å². The van der Waals surface area contributed by atoms with Gasteiger partial charge >= 0.3 is 18.1 Å². The molecule has 140 valence electrons. The van der Waals surface area contributed by atoms with E-state index in [2.05, 4.69) is 4.98 Å². The van der Waals surface area contributed by atoms with Gasteiger partial charge in [0.1, 0.15) is 12.2 Å². The van der Waals surface area contributed by atoms with E-state index in [-0.39, 0.29) is 11.6 Å². The van der Waals surface area contributed by atoms with Gasteiger partial charge in [-0.2, -0.15) is 13.2 Å². The van der Waals surface area contributed by atoms with Crippen LogP contribution in [0.3, 0.4) is 0 Å². The normalized spacial score (nSPS) is 19.7. The summed E-state index contributed by atoms with van der Waals surface area (Å²) in [4.78, 5) is 23.5. The van der Waals surface area contributed by atoms with Gasteiger partial charge in [-0.05, 0) is 18.9 Å². The van der Waals surface area contributed by atoms with E-state index in [0.717, 1.165) is 12.8 Å². The van der Waals surface area contributed by atoms with E-state index in [4.69, 9.17) is 30.2 Å². The van der Waals surface area contributed by atoms with Crippen LogP contribution in [0.2, 0.25) is 0 Å². The first-order valence-electron chi connectivity index (χ1n) is 7.07. The maximum atomic E-state index is 10.8. The summed E-state index contributed by atoms with van der Waals surface area (Å²) in [6.07, 6.45) is -3.27. The summed E-state index contributed by atoms with van der Waals surface area (Å²) >= 11 is 0. The first kappa shape index (κ1) is 20.6. The molecule has 1 saturated heterocycles. The van der Waals surface area contributed by atoms with Crippen molar-refractivity contribution in [1.29, 1.82) is 0 Å². The van der Waals surface area contributed by atoms with Crippen LogP contribution < -0.4 is 10.5 Å². The van der Waals surface area contributed by atoms with E-state index in [9.17, 15) is 18.0 Å². The van der Waals surface area contributed by atoms with Crippen molar-refractivity contribution < 1.29 is 42.4 Å². The number of hydrogen-bond acceptors (Lipinski definition) is 6. The molecule has 2 rings (SSSR count). The number of carbonyl (C=O) groups is 2. The van der Waals surface area contributed by atoms with E-state index in [1.165, 1.54) is 6.07 Å². The minimum Gasteiger partial charge on any atom is -0.477 e. The molecule has 1 aromatic rings. The molecule has 25 heavy (non-hydrogen) atoms. The number of nitrogens with zero attached hydrogens (tertiary/aromatic N) is 1. The van der Waals surface area contributed by atoms with Crippen LogP contribution in [0, 0.1) is 0 Å². The van der Waals surface area contributed by atoms with Gasteiger partial charge in [0.15, 0.2) is 5.69 Å². The molecular formula is C14H17F3N2O6. The molecule has 11 heteroatoms. The number of ether oxygens (including phenoxy) is 2. The number of halogens is 3. The second-order valence-electron chi connectivity index (χ2n) is 5.10. The van der Waals surface area contributed by atoms with Gasteiger partial charge in [-0.25, -0.2) is 14.6 Å². The first-order chi connectivity index (χ1) is 11.6. The molecule has 1 fully saturated rings. The Balaban J connectivity index is 0.000000381. The summed E-state index contributed by atoms with van der Waals surface area (Å²) in [5, 5.41) is 15.9. The Hall–Kier alpha value is -2.40. The Labute approximate surface area is 140 Å². The Morgan fingerprint density at radius 1 is 1.36 bits per heavy atom. The fourth-order valence-corrected chi connectivity index (χ4v) is 1.91. The van der Waals surface area contributed by atoms with Gasteiger partial charge in [-0.1, -0.05) is 6.07 Å². The van der Waals surface area contributed by atoms with Crippen molar-refractivity contribution in [2.45, 2.75) is 24.6 Å². The Kier molecular flexibility index (Phi) is 7.12. The number of aromatic nitrogens is 1. The number of carboxylic acid groups (broad SMARTS) is 2. The van der Waals surface area contributed by atoms with Crippen LogP contribution in [0.15, 0.2) is 18.2 Å². The molecule has 1 atom stereocenters. The highest BCUT2D eigenvalue weighted by Gasteiger charge is 2.38. The minimum absolute atomic E-state index is 0.0401. The Bertz CT molecular complexity index is 602. The topological polar surface area (TPSA) is 132 Å². The lowest BCUT2D eigenvalue weighted by molar-refractivity contribution is -0.192. The van der Waals surface area contributed by atoms with Crippen molar-refractivity contribution >= 4 is 11.9 Å². The lowest BCUT2D eigenvalue weighted by Gasteiger charge is -2.26. The van der Waals surface area contributed by atoms with Crippen molar-refractivity contribution in [1.82, 2.24) is 4.98 Å². The predicted octanol–water partition coefficient (Wildman–Crippen LogP) is 1.30. The van der Waals surface area contributed by atoms with Crippen LogP contribution in [-0.2, 0) is 9.53 Å². The summed E-state index contributed by atoms with van der Waals surface area (Å²) in [7, 11) is 0. The minimum atomic E-state index is -5.08. The number of carboxylic acids is 2. The zero-order valence-electron chi connectivity index (χ0n) is 13.0. The largest absolute Gasteiger partial charge is 0.490 e. The van der Waals surface area contributed by atoms with Crippen LogP contribution in [0.1, 0.15) is 23.3 Å². The fourth-order valence-electron chi connectivity index (χ4n) is 1.91. The van der Waals surface area contributed by atoms with Crippen molar-refractivity contribution in [2.24, 2.45) is 5.73 Å². The third-order valence-corrected chi connectivity index (χ3v) is 3.23. The molecule has 0 bridgehead atoms. The van der Waals surface area contributed by atoms with Crippen LogP contribution in [0.5, 0.6) is 5.88 Å².